The lowest BCUT2D eigenvalue weighted by molar-refractivity contribution is -0.274. The first-order valence-electron chi connectivity index (χ1n) is 8.21. The number of aromatic nitrogens is 2. The van der Waals surface area contributed by atoms with Crippen molar-refractivity contribution in [1.82, 2.24) is 15.5 Å². The summed E-state index contributed by atoms with van der Waals surface area (Å²) < 4.78 is 45.5. The highest BCUT2D eigenvalue weighted by molar-refractivity contribution is 7.99. The molecule has 0 saturated carbocycles. The highest BCUT2D eigenvalue weighted by Gasteiger charge is 2.30. The van der Waals surface area contributed by atoms with Gasteiger partial charge in [0.25, 0.3) is 11.1 Å². The number of rotatable bonds is 8. The third-order valence-electron chi connectivity index (χ3n) is 3.29. The van der Waals surface area contributed by atoms with Crippen molar-refractivity contribution in [2.75, 3.05) is 11.1 Å². The van der Waals surface area contributed by atoms with Gasteiger partial charge in [-0.15, -0.1) is 34.7 Å². The van der Waals surface area contributed by atoms with Crippen LogP contribution in [0.1, 0.15) is 15.6 Å². The maximum Gasteiger partial charge on any atom is 0.573 e. The van der Waals surface area contributed by atoms with Crippen molar-refractivity contribution >= 4 is 40.6 Å². The van der Waals surface area contributed by atoms with Crippen LogP contribution in [0.3, 0.4) is 0 Å². The molecule has 0 spiro atoms. The topological polar surface area (TPSA) is 106 Å². The number of halogens is 3. The fourth-order valence-electron chi connectivity index (χ4n) is 2.08. The van der Waals surface area contributed by atoms with E-state index in [1.807, 2.05) is 0 Å². The van der Waals surface area contributed by atoms with E-state index in [1.54, 1.807) is 17.5 Å². The van der Waals surface area contributed by atoms with Gasteiger partial charge in [0.2, 0.25) is 11.8 Å². The molecule has 0 aliphatic heterocycles. The molecule has 8 nitrogen and oxygen atoms in total. The molecule has 0 aliphatic carbocycles. The van der Waals surface area contributed by atoms with Crippen LogP contribution in [-0.4, -0.2) is 34.1 Å². The average Bonchev–Trinajstić information content (AvgIpc) is 3.37. The van der Waals surface area contributed by atoms with Crippen LogP contribution in [0.4, 0.5) is 18.9 Å². The van der Waals surface area contributed by atoms with E-state index in [2.05, 4.69) is 25.6 Å². The van der Waals surface area contributed by atoms with Gasteiger partial charge in [0.15, 0.2) is 0 Å². The van der Waals surface area contributed by atoms with E-state index < -0.39 is 12.3 Å². The van der Waals surface area contributed by atoms with Gasteiger partial charge in [0.1, 0.15) is 5.75 Å². The zero-order valence-electron chi connectivity index (χ0n) is 14.9. The summed E-state index contributed by atoms with van der Waals surface area (Å²) in [5, 5.41) is 14.6. The average molecular weight is 458 g/mol. The number of hydrogen-bond donors (Lipinski definition) is 2. The molecule has 2 N–H and O–H groups in total. The minimum atomic E-state index is -4.78. The number of benzene rings is 1. The van der Waals surface area contributed by atoms with Crippen molar-refractivity contribution in [1.29, 1.82) is 0 Å². The van der Waals surface area contributed by atoms with Crippen LogP contribution < -0.4 is 15.4 Å². The van der Waals surface area contributed by atoms with Crippen LogP contribution in [0.5, 0.6) is 5.75 Å². The van der Waals surface area contributed by atoms with Gasteiger partial charge in [-0.2, -0.15) is 0 Å². The Labute approximate surface area is 175 Å². The molecule has 13 heteroatoms. The van der Waals surface area contributed by atoms with E-state index in [9.17, 15) is 22.8 Å². The van der Waals surface area contributed by atoms with Crippen LogP contribution in [-0.2, 0) is 11.3 Å². The molecule has 3 rings (SSSR count). The van der Waals surface area contributed by atoms with Crippen molar-refractivity contribution < 1.29 is 31.9 Å². The molecule has 0 atom stereocenters. The Morgan fingerprint density at radius 1 is 1.17 bits per heavy atom. The predicted molar refractivity (Wildman–Crippen MR) is 102 cm³/mol. The van der Waals surface area contributed by atoms with Crippen LogP contribution in [0, 0.1) is 0 Å². The van der Waals surface area contributed by atoms with E-state index in [0.29, 0.717) is 10.6 Å². The van der Waals surface area contributed by atoms with Gasteiger partial charge in [-0.25, -0.2) is 0 Å². The number of carbonyl (C=O) groups is 2. The molecule has 0 fully saturated rings. The zero-order valence-corrected chi connectivity index (χ0v) is 16.6. The van der Waals surface area contributed by atoms with Gasteiger partial charge in [-0.3, -0.25) is 9.59 Å². The first-order valence-corrected chi connectivity index (χ1v) is 10.1. The quantitative estimate of drug-likeness (QED) is 0.496. The number of nitrogens with one attached hydrogen (secondary N) is 2. The second kappa shape index (κ2) is 9.63. The van der Waals surface area contributed by atoms with E-state index in [-0.39, 0.29) is 35.1 Å². The Bertz CT molecular complexity index is 991. The van der Waals surface area contributed by atoms with E-state index >= 15 is 0 Å². The Morgan fingerprint density at radius 3 is 2.60 bits per heavy atom. The number of alkyl halides is 3. The number of nitrogens with zero attached hydrogens (tertiary/aromatic N) is 2. The van der Waals surface area contributed by atoms with Crippen molar-refractivity contribution in [2.24, 2.45) is 0 Å². The lowest BCUT2D eigenvalue weighted by atomic mass is 10.3. The van der Waals surface area contributed by atoms with Crippen LogP contribution in [0.15, 0.2) is 51.4 Å². The fraction of sp³-hybridized carbons (Fsp3) is 0.176. The van der Waals surface area contributed by atoms with Crippen molar-refractivity contribution in [2.45, 2.75) is 18.1 Å². The number of carbonyl (C=O) groups excluding carboxylic acids is 2. The van der Waals surface area contributed by atoms with E-state index in [1.165, 1.54) is 23.5 Å². The van der Waals surface area contributed by atoms with Crippen molar-refractivity contribution in [3.63, 3.8) is 0 Å². The number of amides is 2. The maximum absolute atomic E-state index is 12.1. The predicted octanol–water partition coefficient (Wildman–Crippen LogP) is 3.69. The second-order valence-corrected chi connectivity index (χ2v) is 7.41. The Balaban J connectivity index is 1.42. The summed E-state index contributed by atoms with van der Waals surface area (Å²) >= 11 is 2.28. The van der Waals surface area contributed by atoms with Gasteiger partial charge < -0.3 is 19.8 Å². The summed E-state index contributed by atoms with van der Waals surface area (Å²) in [6.07, 6.45) is -4.78. The normalized spacial score (nSPS) is 11.2. The molecule has 158 valence electrons. The Hall–Kier alpha value is -3.06. The molecule has 0 radical (unpaired) electrons. The largest absolute Gasteiger partial charge is 0.573 e. The van der Waals surface area contributed by atoms with Gasteiger partial charge >= 0.3 is 6.36 Å². The summed E-state index contributed by atoms with van der Waals surface area (Å²) in [6.45, 7) is 0.0445. The summed E-state index contributed by atoms with van der Waals surface area (Å²) in [4.78, 5) is 24.4. The second-order valence-electron chi connectivity index (χ2n) is 5.53. The summed E-state index contributed by atoms with van der Waals surface area (Å²) in [5.74, 6) is -0.953. The highest BCUT2D eigenvalue weighted by atomic mass is 32.2. The van der Waals surface area contributed by atoms with Crippen LogP contribution in [0.25, 0.3) is 0 Å². The smallest absolute Gasteiger partial charge is 0.414 e. The van der Waals surface area contributed by atoms with Gasteiger partial charge in [0.05, 0.1) is 17.2 Å². The number of thiophene rings is 1. The minimum absolute atomic E-state index is 0.0445. The molecule has 30 heavy (non-hydrogen) atoms. The fourth-order valence-corrected chi connectivity index (χ4v) is 3.30. The summed E-state index contributed by atoms with van der Waals surface area (Å²) in [7, 11) is 0. The molecule has 0 unspecified atom stereocenters. The first kappa shape index (κ1) is 21.6. The SMILES string of the molecule is O=C(CSc1nnc(CNC(=O)c2cccs2)o1)Nc1ccc(OC(F)(F)F)cc1. The lowest BCUT2D eigenvalue weighted by Crippen LogP contribution is -2.21. The Morgan fingerprint density at radius 2 is 1.93 bits per heavy atom. The van der Waals surface area contributed by atoms with E-state index in [4.69, 9.17) is 4.42 Å². The lowest BCUT2D eigenvalue weighted by Gasteiger charge is -2.09. The first-order chi connectivity index (χ1) is 14.3. The standard InChI is InChI=1S/C17H13F3N4O4S2/c18-17(19,20)28-11-5-3-10(4-6-11)22-13(25)9-30-16-24-23-14(27-16)8-21-15(26)12-2-1-7-29-12/h1-7H,8-9H2,(H,21,26)(H,22,25). The monoisotopic (exact) mass is 458 g/mol. The molecule has 3 aromatic rings. The molecular weight excluding hydrogens is 445 g/mol. The van der Waals surface area contributed by atoms with Gasteiger partial charge in [-0.05, 0) is 35.7 Å². The van der Waals surface area contributed by atoms with Crippen LogP contribution >= 0.6 is 23.1 Å². The molecular formula is C17H13F3N4O4S2. The molecule has 1 aromatic carbocycles. The number of anilines is 1. The molecule has 2 heterocycles. The number of ether oxygens (including phenoxy) is 1. The zero-order chi connectivity index (χ0) is 21.6. The summed E-state index contributed by atoms with van der Waals surface area (Å²) in [6, 6.07) is 8.19. The number of thioether (sulfide) groups is 1. The van der Waals surface area contributed by atoms with Gasteiger partial charge in [0, 0.05) is 5.69 Å². The third-order valence-corrected chi connectivity index (χ3v) is 4.98. The third kappa shape index (κ3) is 6.77. The molecule has 0 saturated heterocycles. The summed E-state index contributed by atoms with van der Waals surface area (Å²) in [5.41, 5.74) is 0.303. The highest BCUT2D eigenvalue weighted by Crippen LogP contribution is 2.24. The molecule has 2 aromatic heterocycles. The molecule has 2 amide bonds. The van der Waals surface area contributed by atoms with Crippen LogP contribution in [0.2, 0.25) is 0 Å². The minimum Gasteiger partial charge on any atom is -0.414 e. The maximum atomic E-state index is 12.1. The van der Waals surface area contributed by atoms with Crippen molar-refractivity contribution in [3.05, 3.63) is 52.5 Å². The van der Waals surface area contributed by atoms with Gasteiger partial charge in [-0.1, -0.05) is 17.8 Å². The Kier molecular flexibility index (Phi) is 6.95. The van der Waals surface area contributed by atoms with E-state index in [0.717, 1.165) is 23.9 Å². The molecule has 0 bridgehead atoms. The van der Waals surface area contributed by atoms with Crippen molar-refractivity contribution in [3.8, 4) is 5.75 Å². The number of hydrogen-bond acceptors (Lipinski definition) is 8. The molecule has 0 aliphatic rings.